The van der Waals surface area contributed by atoms with E-state index in [1.807, 2.05) is 7.05 Å². The molecule has 0 unspecified atom stereocenters. The lowest BCUT2D eigenvalue weighted by molar-refractivity contribution is 0.450. The Morgan fingerprint density at radius 1 is 1.56 bits per heavy atom. The Balaban J connectivity index is 2.18. The highest BCUT2D eigenvalue weighted by molar-refractivity contribution is 7.89. The summed E-state index contributed by atoms with van der Waals surface area (Å²) < 4.78 is 38.9. The quantitative estimate of drug-likeness (QED) is 0.865. The molecule has 0 aliphatic carbocycles. The van der Waals surface area contributed by atoms with Crippen LogP contribution in [0.15, 0.2) is 23.4 Å². The summed E-state index contributed by atoms with van der Waals surface area (Å²) in [4.78, 5) is 3.51. The van der Waals surface area contributed by atoms with Crippen LogP contribution in [-0.4, -0.2) is 44.4 Å². The summed E-state index contributed by atoms with van der Waals surface area (Å²) in [5.41, 5.74) is 0. The molecular formula is C11H16FN3O2S. The highest BCUT2D eigenvalue weighted by atomic mass is 32.2. The van der Waals surface area contributed by atoms with Crippen molar-refractivity contribution in [1.82, 2.24) is 14.6 Å². The number of halogens is 1. The molecule has 0 amide bonds. The van der Waals surface area contributed by atoms with Crippen LogP contribution in [0.25, 0.3) is 0 Å². The molecule has 1 fully saturated rings. The van der Waals surface area contributed by atoms with Crippen molar-refractivity contribution in [3.05, 3.63) is 24.3 Å². The molecule has 1 aliphatic heterocycles. The highest BCUT2D eigenvalue weighted by Crippen LogP contribution is 2.23. The predicted molar refractivity (Wildman–Crippen MR) is 65.0 cm³/mol. The van der Waals surface area contributed by atoms with Crippen LogP contribution >= 0.6 is 0 Å². The number of aromatic nitrogens is 1. The van der Waals surface area contributed by atoms with Gasteiger partial charge in [-0.05, 0) is 32.0 Å². The normalized spacial score (nSPS) is 21.3. The molecule has 1 aromatic rings. The first-order valence-corrected chi connectivity index (χ1v) is 7.23. The van der Waals surface area contributed by atoms with Gasteiger partial charge in [-0.2, -0.15) is 4.31 Å². The molecule has 18 heavy (non-hydrogen) atoms. The monoisotopic (exact) mass is 273 g/mol. The summed E-state index contributed by atoms with van der Waals surface area (Å²) >= 11 is 0. The molecule has 1 atom stereocenters. The van der Waals surface area contributed by atoms with E-state index in [9.17, 15) is 12.8 Å². The van der Waals surface area contributed by atoms with Crippen molar-refractivity contribution in [3.63, 3.8) is 0 Å². The van der Waals surface area contributed by atoms with E-state index in [0.717, 1.165) is 25.2 Å². The van der Waals surface area contributed by atoms with Crippen molar-refractivity contribution >= 4 is 10.0 Å². The second kappa shape index (κ2) is 5.29. The lowest BCUT2D eigenvalue weighted by Gasteiger charge is -2.16. The van der Waals surface area contributed by atoms with Crippen molar-refractivity contribution in [1.29, 1.82) is 0 Å². The molecule has 0 saturated carbocycles. The van der Waals surface area contributed by atoms with Gasteiger partial charge in [-0.1, -0.05) is 0 Å². The van der Waals surface area contributed by atoms with Crippen LogP contribution in [0, 0.1) is 11.7 Å². The summed E-state index contributed by atoms with van der Waals surface area (Å²) in [5, 5.41) is 3.04. The van der Waals surface area contributed by atoms with Crippen molar-refractivity contribution in [3.8, 4) is 0 Å². The van der Waals surface area contributed by atoms with Gasteiger partial charge in [0.25, 0.3) is 0 Å². The first kappa shape index (κ1) is 13.4. The van der Waals surface area contributed by atoms with E-state index in [-0.39, 0.29) is 4.90 Å². The fourth-order valence-electron chi connectivity index (χ4n) is 2.15. The molecule has 7 heteroatoms. The number of pyridine rings is 1. The summed E-state index contributed by atoms with van der Waals surface area (Å²) in [6.07, 6.45) is 3.00. The standard InChI is InChI=1S/C11H16FN3O2S/c1-13-5-9-2-3-15(8-9)18(16,17)11-4-10(12)6-14-7-11/h4,6-7,9,13H,2-3,5,8H2,1H3/t9-/m1/s1. The zero-order chi connectivity index (χ0) is 13.2. The second-order valence-electron chi connectivity index (χ2n) is 4.41. The third-order valence-corrected chi connectivity index (χ3v) is 4.89. The molecule has 1 saturated heterocycles. The van der Waals surface area contributed by atoms with E-state index >= 15 is 0 Å². The number of nitrogens with one attached hydrogen (secondary N) is 1. The van der Waals surface area contributed by atoms with E-state index in [0.29, 0.717) is 19.0 Å². The van der Waals surface area contributed by atoms with Gasteiger partial charge in [0.1, 0.15) is 10.7 Å². The Morgan fingerprint density at radius 2 is 2.33 bits per heavy atom. The van der Waals surface area contributed by atoms with Crippen molar-refractivity contribution in [2.45, 2.75) is 11.3 Å². The molecule has 0 spiro atoms. The number of rotatable bonds is 4. The molecule has 100 valence electrons. The van der Waals surface area contributed by atoms with Crippen LogP contribution in [0.2, 0.25) is 0 Å². The van der Waals surface area contributed by atoms with Crippen LogP contribution in [0.1, 0.15) is 6.42 Å². The molecule has 2 rings (SSSR count). The second-order valence-corrected chi connectivity index (χ2v) is 6.35. The van der Waals surface area contributed by atoms with Gasteiger partial charge in [-0.15, -0.1) is 0 Å². The minimum Gasteiger partial charge on any atom is -0.319 e. The Kier molecular flexibility index (Phi) is 3.94. The molecular weight excluding hydrogens is 257 g/mol. The predicted octanol–water partition coefficient (Wildman–Crippen LogP) is 0.451. The van der Waals surface area contributed by atoms with Crippen LogP contribution < -0.4 is 5.32 Å². The van der Waals surface area contributed by atoms with Crippen LogP contribution in [0.3, 0.4) is 0 Å². The largest absolute Gasteiger partial charge is 0.319 e. The minimum absolute atomic E-state index is 0.0763. The summed E-state index contributed by atoms with van der Waals surface area (Å²) in [7, 11) is -1.77. The Labute approximate surface area is 106 Å². The molecule has 0 bridgehead atoms. The molecule has 1 N–H and O–H groups in total. The summed E-state index contributed by atoms with van der Waals surface area (Å²) in [6, 6.07) is 1.01. The zero-order valence-electron chi connectivity index (χ0n) is 10.1. The first-order chi connectivity index (χ1) is 8.54. The van der Waals surface area contributed by atoms with Gasteiger partial charge in [-0.3, -0.25) is 4.98 Å². The van der Waals surface area contributed by atoms with E-state index in [1.54, 1.807) is 0 Å². The maximum Gasteiger partial charge on any atom is 0.244 e. The van der Waals surface area contributed by atoms with Crippen LogP contribution in [0.5, 0.6) is 0 Å². The number of nitrogens with zero attached hydrogens (tertiary/aromatic N) is 2. The lowest BCUT2D eigenvalue weighted by atomic mass is 10.1. The molecule has 1 aromatic heterocycles. The van der Waals surface area contributed by atoms with Gasteiger partial charge < -0.3 is 5.32 Å². The van der Waals surface area contributed by atoms with E-state index in [4.69, 9.17) is 0 Å². The van der Waals surface area contributed by atoms with Crippen molar-refractivity contribution < 1.29 is 12.8 Å². The Hall–Kier alpha value is -1.05. The Morgan fingerprint density at radius 3 is 3.00 bits per heavy atom. The SMILES string of the molecule is CNC[C@H]1CCN(S(=O)(=O)c2cncc(F)c2)C1. The van der Waals surface area contributed by atoms with E-state index in [1.165, 1.54) is 10.5 Å². The molecule has 5 nitrogen and oxygen atoms in total. The molecule has 0 radical (unpaired) electrons. The maximum absolute atomic E-state index is 13.0. The molecule has 0 aromatic carbocycles. The minimum atomic E-state index is -3.61. The van der Waals surface area contributed by atoms with Gasteiger partial charge >= 0.3 is 0 Å². The summed E-state index contributed by atoms with van der Waals surface area (Å²) in [5.74, 6) is -0.326. The fraction of sp³-hybridized carbons (Fsp3) is 0.545. The van der Waals surface area contributed by atoms with E-state index < -0.39 is 15.8 Å². The van der Waals surface area contributed by atoms with Crippen molar-refractivity contribution in [2.24, 2.45) is 5.92 Å². The average Bonchev–Trinajstić information content (AvgIpc) is 2.79. The third kappa shape index (κ3) is 2.68. The van der Waals surface area contributed by atoms with Crippen LogP contribution in [-0.2, 0) is 10.0 Å². The number of hydrogen-bond donors (Lipinski definition) is 1. The zero-order valence-corrected chi connectivity index (χ0v) is 11.0. The maximum atomic E-state index is 13.0. The van der Waals surface area contributed by atoms with Gasteiger partial charge in [0, 0.05) is 19.3 Å². The number of hydrogen-bond acceptors (Lipinski definition) is 4. The Bertz CT molecular complexity index is 521. The van der Waals surface area contributed by atoms with Gasteiger partial charge in [0.15, 0.2) is 0 Å². The number of sulfonamides is 1. The van der Waals surface area contributed by atoms with E-state index in [2.05, 4.69) is 10.3 Å². The smallest absolute Gasteiger partial charge is 0.244 e. The topological polar surface area (TPSA) is 62.3 Å². The van der Waals surface area contributed by atoms with Crippen molar-refractivity contribution in [2.75, 3.05) is 26.7 Å². The van der Waals surface area contributed by atoms with Gasteiger partial charge in [0.05, 0.1) is 6.20 Å². The molecule has 2 heterocycles. The fourth-order valence-corrected chi connectivity index (χ4v) is 3.66. The average molecular weight is 273 g/mol. The third-order valence-electron chi connectivity index (χ3n) is 3.06. The van der Waals surface area contributed by atoms with Gasteiger partial charge in [-0.25, -0.2) is 12.8 Å². The van der Waals surface area contributed by atoms with Crippen LogP contribution in [0.4, 0.5) is 4.39 Å². The highest BCUT2D eigenvalue weighted by Gasteiger charge is 2.32. The van der Waals surface area contributed by atoms with Gasteiger partial charge in [0.2, 0.25) is 10.0 Å². The summed E-state index contributed by atoms with van der Waals surface area (Å²) in [6.45, 7) is 1.73. The molecule has 1 aliphatic rings. The lowest BCUT2D eigenvalue weighted by Crippen LogP contribution is -2.30. The first-order valence-electron chi connectivity index (χ1n) is 5.79.